The van der Waals surface area contributed by atoms with Crippen LogP contribution in [0.4, 0.5) is 35.5 Å². The first-order valence-corrected chi connectivity index (χ1v) is 13.3. The predicted molar refractivity (Wildman–Crippen MR) is 144 cm³/mol. The van der Waals surface area contributed by atoms with Gasteiger partial charge in [-0.05, 0) is 64.3 Å². The first-order valence-electron chi connectivity index (χ1n) is 12.2. The van der Waals surface area contributed by atoms with E-state index in [0.29, 0.717) is 43.7 Å². The number of halogens is 4. The van der Waals surface area contributed by atoms with Crippen LogP contribution in [0.3, 0.4) is 0 Å². The van der Waals surface area contributed by atoms with Crippen LogP contribution < -0.4 is 26.0 Å². The number of alkyl carbamates (subject to hydrolysis) is 1. The number of alkyl halides is 4. The summed E-state index contributed by atoms with van der Waals surface area (Å²) in [6, 6.07) is 5.90. The minimum Gasteiger partial charge on any atom is -0.454 e. The van der Waals surface area contributed by atoms with Crippen LogP contribution in [-0.4, -0.2) is 70.3 Å². The molecular formula is C24H33BrF3N7O4. The van der Waals surface area contributed by atoms with Crippen molar-refractivity contribution in [2.45, 2.75) is 51.8 Å². The number of hydrogen-bond donors (Lipinski definition) is 4. The summed E-state index contributed by atoms with van der Waals surface area (Å²) in [5, 5.41) is 12.0. The van der Waals surface area contributed by atoms with Crippen molar-refractivity contribution >= 4 is 45.5 Å². The Kier molecular flexibility index (Phi) is 12.5. The van der Waals surface area contributed by atoms with Crippen LogP contribution in [0.5, 0.6) is 6.01 Å². The molecule has 0 saturated carbocycles. The highest BCUT2D eigenvalue weighted by molar-refractivity contribution is 9.09. The van der Waals surface area contributed by atoms with Crippen molar-refractivity contribution in [2.75, 3.05) is 42.2 Å². The zero-order chi connectivity index (χ0) is 28.9. The van der Waals surface area contributed by atoms with Crippen molar-refractivity contribution in [3.8, 4) is 6.01 Å². The minimum absolute atomic E-state index is 0.0271. The molecule has 1 heterocycles. The summed E-state index contributed by atoms with van der Waals surface area (Å²) in [7, 11) is 0. The first-order chi connectivity index (χ1) is 18.3. The summed E-state index contributed by atoms with van der Waals surface area (Å²) in [6.07, 6.45) is -2.97. The molecule has 0 bridgehead atoms. The van der Waals surface area contributed by atoms with Gasteiger partial charge in [0.2, 0.25) is 11.9 Å². The van der Waals surface area contributed by atoms with Crippen LogP contribution in [0.25, 0.3) is 0 Å². The molecule has 216 valence electrons. The topological polar surface area (TPSA) is 139 Å². The average Bonchev–Trinajstić information content (AvgIpc) is 2.84. The second-order valence-electron chi connectivity index (χ2n) is 9.23. The molecule has 0 aliphatic carbocycles. The quantitative estimate of drug-likeness (QED) is 0.174. The maximum atomic E-state index is 12.6. The summed E-state index contributed by atoms with van der Waals surface area (Å²) in [4.78, 5) is 35.9. The standard InChI is InChI=1S/C24H33BrF3N7O4/c1-23(2,3)39-22(37)31-13-5-4-12-29-18(36)16-7-9-17(10-8-16)32-20-33-19(30-14-6-11-25)34-21(35-20)38-15-24(26,27)28/h7-10H,4-6,11-15H2,1-3H3,(H,29,36)(H,31,37)(H2,30,32,33,34,35). The molecule has 1 aromatic carbocycles. The molecule has 0 fully saturated rings. The molecule has 0 spiro atoms. The largest absolute Gasteiger partial charge is 0.454 e. The number of carbonyl (C=O) groups excluding carboxylic acids is 2. The van der Waals surface area contributed by atoms with Gasteiger partial charge in [-0.1, -0.05) is 15.9 Å². The lowest BCUT2D eigenvalue weighted by molar-refractivity contribution is -0.154. The molecule has 39 heavy (non-hydrogen) atoms. The lowest BCUT2D eigenvalue weighted by Gasteiger charge is -2.19. The van der Waals surface area contributed by atoms with E-state index in [2.05, 4.69) is 56.9 Å². The van der Waals surface area contributed by atoms with Crippen molar-refractivity contribution in [1.29, 1.82) is 0 Å². The molecule has 2 aromatic rings. The van der Waals surface area contributed by atoms with Crippen molar-refractivity contribution in [2.24, 2.45) is 0 Å². The number of amides is 2. The summed E-state index contributed by atoms with van der Waals surface area (Å²) in [5.74, 6) is -0.244. The third-order valence-corrected chi connectivity index (χ3v) is 5.09. The number of anilines is 3. The van der Waals surface area contributed by atoms with Crippen LogP contribution in [0.15, 0.2) is 24.3 Å². The van der Waals surface area contributed by atoms with Gasteiger partial charge in [0.05, 0.1) is 0 Å². The number of nitrogens with one attached hydrogen (secondary N) is 4. The number of aromatic nitrogens is 3. The minimum atomic E-state index is -4.54. The van der Waals surface area contributed by atoms with Gasteiger partial charge in [-0.15, -0.1) is 0 Å². The molecule has 2 amide bonds. The molecule has 11 nitrogen and oxygen atoms in total. The van der Waals surface area contributed by atoms with E-state index in [4.69, 9.17) is 4.74 Å². The lowest BCUT2D eigenvalue weighted by Crippen LogP contribution is -2.33. The summed E-state index contributed by atoms with van der Waals surface area (Å²) >= 11 is 3.29. The molecule has 0 aliphatic rings. The first kappa shape index (κ1) is 31.9. The SMILES string of the molecule is CC(C)(C)OC(=O)NCCCCNC(=O)c1ccc(Nc2nc(NCCCBr)nc(OCC(F)(F)F)n2)cc1. The fraction of sp³-hybridized carbons (Fsp3) is 0.542. The Labute approximate surface area is 233 Å². The average molecular weight is 620 g/mol. The fourth-order valence-electron chi connectivity index (χ4n) is 2.86. The van der Waals surface area contributed by atoms with E-state index in [-0.39, 0.29) is 17.8 Å². The smallest absolute Gasteiger partial charge is 0.422 e. The Bertz CT molecular complexity index is 1070. The van der Waals surface area contributed by atoms with Gasteiger partial charge in [-0.3, -0.25) is 4.79 Å². The molecule has 0 unspecified atom stereocenters. The van der Waals surface area contributed by atoms with Gasteiger partial charge in [0.1, 0.15) is 5.60 Å². The Morgan fingerprint density at radius 2 is 1.54 bits per heavy atom. The molecule has 0 aliphatic heterocycles. The normalized spacial score (nSPS) is 11.5. The summed E-state index contributed by atoms with van der Waals surface area (Å²) in [5.41, 5.74) is 0.351. The Hall–Kier alpha value is -3.36. The highest BCUT2D eigenvalue weighted by Crippen LogP contribution is 2.20. The van der Waals surface area contributed by atoms with Crippen LogP contribution in [0.2, 0.25) is 0 Å². The second-order valence-corrected chi connectivity index (χ2v) is 10.0. The number of unbranched alkanes of at least 4 members (excludes halogenated alkanes) is 1. The summed E-state index contributed by atoms with van der Waals surface area (Å²) < 4.78 is 47.5. The van der Waals surface area contributed by atoms with Crippen molar-refractivity contribution < 1.29 is 32.2 Å². The number of benzene rings is 1. The maximum absolute atomic E-state index is 12.6. The number of ether oxygens (including phenoxy) is 2. The molecular weight excluding hydrogens is 587 g/mol. The number of hydrogen-bond acceptors (Lipinski definition) is 9. The van der Waals surface area contributed by atoms with Gasteiger partial charge >= 0.3 is 18.3 Å². The van der Waals surface area contributed by atoms with E-state index in [1.165, 1.54) is 0 Å². The maximum Gasteiger partial charge on any atom is 0.422 e. The highest BCUT2D eigenvalue weighted by atomic mass is 79.9. The van der Waals surface area contributed by atoms with Gasteiger partial charge in [0, 0.05) is 36.2 Å². The van der Waals surface area contributed by atoms with E-state index in [1.54, 1.807) is 45.0 Å². The molecule has 0 atom stereocenters. The van der Waals surface area contributed by atoms with Crippen LogP contribution in [0, 0.1) is 0 Å². The zero-order valence-corrected chi connectivity index (χ0v) is 23.5. The van der Waals surface area contributed by atoms with Gasteiger partial charge in [0.15, 0.2) is 6.61 Å². The third kappa shape index (κ3) is 13.8. The molecule has 15 heteroatoms. The lowest BCUT2D eigenvalue weighted by atomic mass is 10.2. The van der Waals surface area contributed by atoms with Crippen molar-refractivity contribution in [3.05, 3.63) is 29.8 Å². The van der Waals surface area contributed by atoms with Gasteiger partial charge in [-0.2, -0.15) is 28.1 Å². The number of nitrogens with zero attached hydrogens (tertiary/aromatic N) is 3. The van der Waals surface area contributed by atoms with Crippen LogP contribution in [-0.2, 0) is 4.74 Å². The Morgan fingerprint density at radius 1 is 0.897 bits per heavy atom. The summed E-state index contributed by atoms with van der Waals surface area (Å²) in [6.45, 7) is 5.15. The van der Waals surface area contributed by atoms with E-state index in [1.807, 2.05) is 0 Å². The highest BCUT2D eigenvalue weighted by Gasteiger charge is 2.29. The molecule has 1 aromatic heterocycles. The second kappa shape index (κ2) is 15.3. The van der Waals surface area contributed by atoms with E-state index in [0.717, 1.165) is 11.8 Å². The molecule has 2 rings (SSSR count). The van der Waals surface area contributed by atoms with E-state index in [9.17, 15) is 22.8 Å². The van der Waals surface area contributed by atoms with Crippen molar-refractivity contribution in [1.82, 2.24) is 25.6 Å². The van der Waals surface area contributed by atoms with Gasteiger partial charge in [0.25, 0.3) is 5.91 Å². The van der Waals surface area contributed by atoms with Crippen molar-refractivity contribution in [3.63, 3.8) is 0 Å². The van der Waals surface area contributed by atoms with E-state index >= 15 is 0 Å². The zero-order valence-electron chi connectivity index (χ0n) is 22.0. The monoisotopic (exact) mass is 619 g/mol. The van der Waals surface area contributed by atoms with E-state index < -0.39 is 30.5 Å². The number of rotatable bonds is 14. The molecule has 0 saturated heterocycles. The number of carbonyl (C=O) groups is 2. The van der Waals surface area contributed by atoms with Crippen LogP contribution >= 0.6 is 15.9 Å². The molecule has 0 radical (unpaired) electrons. The van der Waals surface area contributed by atoms with Gasteiger partial charge in [-0.25, -0.2) is 4.79 Å². The Balaban J connectivity index is 1.87. The molecule has 4 N–H and O–H groups in total. The predicted octanol–water partition coefficient (Wildman–Crippen LogP) is 4.79. The van der Waals surface area contributed by atoms with Crippen LogP contribution in [0.1, 0.15) is 50.4 Å². The Morgan fingerprint density at radius 3 is 2.15 bits per heavy atom. The fourth-order valence-corrected chi connectivity index (χ4v) is 3.14. The van der Waals surface area contributed by atoms with Gasteiger partial charge < -0.3 is 30.7 Å². The third-order valence-electron chi connectivity index (χ3n) is 4.53.